The molecule has 0 amide bonds. The molecule has 4 aromatic rings. The van der Waals surface area contributed by atoms with Crippen molar-refractivity contribution in [2.75, 3.05) is 0 Å². The smallest absolute Gasteiger partial charge is 0.293 e. The molecule has 2 aromatic carbocycles. The molecular formula is C16H7F3N2O3. The molecule has 24 heavy (non-hydrogen) atoms. The fourth-order valence-electron chi connectivity index (χ4n) is 2.65. The number of nitrogens with zero attached hydrogens (tertiary/aromatic N) is 1. The molecule has 0 unspecified atom stereocenters. The lowest BCUT2D eigenvalue weighted by Gasteiger charge is -2.11. The van der Waals surface area contributed by atoms with Crippen LogP contribution in [-0.2, 0) is 0 Å². The number of halogens is 3. The van der Waals surface area contributed by atoms with Crippen molar-refractivity contribution in [2.45, 2.75) is 0 Å². The highest BCUT2D eigenvalue weighted by Crippen LogP contribution is 2.24. The Morgan fingerprint density at radius 2 is 1.62 bits per heavy atom. The predicted molar refractivity (Wildman–Crippen MR) is 79.8 cm³/mol. The standard InChI is InChI=1S/C16H7F3N2O3/c17-7-1-3-8(4-2-7)21-12-6-11(19)10(18)5-9(12)14(22)13-15(23)20-24-16(13)21/h1-6H,(H,20,23). The van der Waals surface area contributed by atoms with E-state index in [-0.39, 0.29) is 22.0 Å². The van der Waals surface area contributed by atoms with Crippen LogP contribution in [0.4, 0.5) is 13.2 Å². The van der Waals surface area contributed by atoms with Crippen LogP contribution in [0.25, 0.3) is 27.7 Å². The van der Waals surface area contributed by atoms with E-state index < -0.39 is 28.4 Å². The fraction of sp³-hybridized carbons (Fsp3) is 0. The summed E-state index contributed by atoms with van der Waals surface area (Å²) < 4.78 is 46.7. The number of aromatic amines is 1. The quantitative estimate of drug-likeness (QED) is 0.583. The lowest BCUT2D eigenvalue weighted by Crippen LogP contribution is -2.15. The van der Waals surface area contributed by atoms with Crippen molar-refractivity contribution in [2.24, 2.45) is 0 Å². The maximum absolute atomic E-state index is 13.7. The van der Waals surface area contributed by atoms with Gasteiger partial charge in [-0.1, -0.05) is 0 Å². The lowest BCUT2D eigenvalue weighted by atomic mass is 10.1. The molecule has 2 aromatic heterocycles. The lowest BCUT2D eigenvalue weighted by molar-refractivity contribution is 0.437. The number of nitrogens with one attached hydrogen (secondary N) is 1. The van der Waals surface area contributed by atoms with Crippen LogP contribution in [-0.4, -0.2) is 9.72 Å². The van der Waals surface area contributed by atoms with Gasteiger partial charge >= 0.3 is 0 Å². The zero-order chi connectivity index (χ0) is 17.0. The molecule has 0 saturated heterocycles. The van der Waals surface area contributed by atoms with Crippen molar-refractivity contribution in [1.29, 1.82) is 0 Å². The van der Waals surface area contributed by atoms with E-state index in [1.807, 2.05) is 5.16 Å². The van der Waals surface area contributed by atoms with E-state index >= 15 is 0 Å². The molecule has 0 aliphatic heterocycles. The average Bonchev–Trinajstić information content (AvgIpc) is 2.93. The maximum Gasteiger partial charge on any atom is 0.293 e. The van der Waals surface area contributed by atoms with Gasteiger partial charge in [0.15, 0.2) is 17.0 Å². The molecule has 0 atom stereocenters. The third-order valence-corrected chi connectivity index (χ3v) is 3.72. The number of aromatic nitrogens is 2. The Morgan fingerprint density at radius 3 is 2.33 bits per heavy atom. The number of benzene rings is 2. The van der Waals surface area contributed by atoms with Crippen molar-refractivity contribution >= 4 is 22.0 Å². The van der Waals surface area contributed by atoms with E-state index in [1.165, 1.54) is 16.7 Å². The second-order valence-corrected chi connectivity index (χ2v) is 5.14. The highest BCUT2D eigenvalue weighted by atomic mass is 19.2. The molecular weight excluding hydrogens is 325 g/mol. The summed E-state index contributed by atoms with van der Waals surface area (Å²) in [7, 11) is 0. The zero-order valence-corrected chi connectivity index (χ0v) is 11.8. The minimum Gasteiger partial charge on any atom is -0.359 e. The number of hydrogen-bond acceptors (Lipinski definition) is 3. The van der Waals surface area contributed by atoms with Gasteiger partial charge in [0.05, 0.1) is 10.9 Å². The first-order valence-electron chi connectivity index (χ1n) is 6.78. The summed E-state index contributed by atoms with van der Waals surface area (Å²) in [5.41, 5.74) is -1.46. The second kappa shape index (κ2) is 4.85. The van der Waals surface area contributed by atoms with E-state index in [1.54, 1.807) is 0 Å². The summed E-state index contributed by atoms with van der Waals surface area (Å²) in [5.74, 6) is -2.90. The molecule has 0 radical (unpaired) electrons. The first-order chi connectivity index (χ1) is 11.5. The minimum absolute atomic E-state index is 0.0132. The Balaban J connectivity index is 2.30. The molecule has 0 aliphatic rings. The summed E-state index contributed by atoms with van der Waals surface area (Å²) in [4.78, 5) is 24.3. The van der Waals surface area contributed by atoms with Crippen LogP contribution >= 0.6 is 0 Å². The highest BCUT2D eigenvalue weighted by Gasteiger charge is 2.20. The summed E-state index contributed by atoms with van der Waals surface area (Å²) in [5, 5.41) is 1.50. The number of pyridine rings is 1. The van der Waals surface area contributed by atoms with Crippen LogP contribution in [0, 0.1) is 17.5 Å². The van der Waals surface area contributed by atoms with Crippen LogP contribution in [0.2, 0.25) is 0 Å². The SMILES string of the molecule is O=c1[nH]oc2c1c(=O)c1cc(F)c(F)cc1n2-c1ccc(F)cc1. The van der Waals surface area contributed by atoms with Crippen molar-refractivity contribution in [1.82, 2.24) is 9.72 Å². The Kier molecular flexibility index (Phi) is 2.89. The first kappa shape index (κ1) is 14.3. The number of rotatable bonds is 1. The van der Waals surface area contributed by atoms with E-state index in [9.17, 15) is 22.8 Å². The summed E-state index contributed by atoms with van der Waals surface area (Å²) in [6.45, 7) is 0. The minimum atomic E-state index is -1.22. The van der Waals surface area contributed by atoms with E-state index in [4.69, 9.17) is 4.52 Å². The molecule has 5 nitrogen and oxygen atoms in total. The molecule has 0 bridgehead atoms. The van der Waals surface area contributed by atoms with Crippen molar-refractivity contribution < 1.29 is 17.7 Å². The van der Waals surface area contributed by atoms with Crippen LogP contribution in [0.15, 0.2) is 50.5 Å². The van der Waals surface area contributed by atoms with Gasteiger partial charge in [0.25, 0.3) is 5.56 Å². The molecule has 0 saturated carbocycles. The highest BCUT2D eigenvalue weighted by molar-refractivity contribution is 5.92. The van der Waals surface area contributed by atoms with Gasteiger partial charge in [0.2, 0.25) is 11.1 Å². The van der Waals surface area contributed by atoms with Gasteiger partial charge in [-0.05, 0) is 30.3 Å². The van der Waals surface area contributed by atoms with Gasteiger partial charge in [0, 0.05) is 11.8 Å². The van der Waals surface area contributed by atoms with Gasteiger partial charge in [-0.3, -0.25) is 14.2 Å². The molecule has 0 aliphatic carbocycles. The van der Waals surface area contributed by atoms with Crippen molar-refractivity contribution in [3.8, 4) is 5.69 Å². The van der Waals surface area contributed by atoms with Gasteiger partial charge < -0.3 is 4.52 Å². The summed E-state index contributed by atoms with van der Waals surface area (Å²) >= 11 is 0. The maximum atomic E-state index is 13.7. The van der Waals surface area contributed by atoms with Crippen LogP contribution in [0.1, 0.15) is 0 Å². The molecule has 120 valence electrons. The Hall–Kier alpha value is -3.29. The third kappa shape index (κ3) is 1.89. The zero-order valence-electron chi connectivity index (χ0n) is 11.8. The topological polar surface area (TPSA) is 68.0 Å². The largest absolute Gasteiger partial charge is 0.359 e. The molecule has 0 fully saturated rings. The van der Waals surface area contributed by atoms with Crippen LogP contribution in [0.5, 0.6) is 0 Å². The number of H-pyrrole nitrogens is 1. The van der Waals surface area contributed by atoms with E-state index in [0.29, 0.717) is 5.69 Å². The third-order valence-electron chi connectivity index (χ3n) is 3.72. The molecule has 4 rings (SSSR count). The van der Waals surface area contributed by atoms with Gasteiger partial charge in [-0.2, -0.15) is 5.16 Å². The Bertz CT molecular complexity index is 1220. The average molecular weight is 332 g/mol. The Labute approximate surface area is 130 Å². The summed E-state index contributed by atoms with van der Waals surface area (Å²) in [6.07, 6.45) is 0. The van der Waals surface area contributed by atoms with E-state index in [2.05, 4.69) is 0 Å². The monoisotopic (exact) mass is 332 g/mol. The van der Waals surface area contributed by atoms with Gasteiger partial charge in [-0.15, -0.1) is 0 Å². The van der Waals surface area contributed by atoms with Crippen LogP contribution < -0.4 is 11.0 Å². The Morgan fingerprint density at radius 1 is 0.958 bits per heavy atom. The molecule has 1 N–H and O–H groups in total. The predicted octanol–water partition coefficient (Wildman–Crippen LogP) is 2.84. The van der Waals surface area contributed by atoms with E-state index in [0.717, 1.165) is 24.3 Å². The number of hydrogen-bond donors (Lipinski definition) is 1. The first-order valence-corrected chi connectivity index (χ1v) is 6.78. The number of fused-ring (bicyclic) bond motifs is 2. The normalized spacial score (nSPS) is 11.5. The molecule has 2 heterocycles. The molecule has 0 spiro atoms. The van der Waals surface area contributed by atoms with Crippen molar-refractivity contribution in [3.05, 3.63) is 74.4 Å². The van der Waals surface area contributed by atoms with Gasteiger partial charge in [-0.25, -0.2) is 13.2 Å². The van der Waals surface area contributed by atoms with Gasteiger partial charge in [0.1, 0.15) is 5.82 Å². The fourth-order valence-corrected chi connectivity index (χ4v) is 2.65. The van der Waals surface area contributed by atoms with Crippen LogP contribution in [0.3, 0.4) is 0 Å². The summed E-state index contributed by atoms with van der Waals surface area (Å²) in [6, 6.07) is 6.55. The van der Waals surface area contributed by atoms with Crippen molar-refractivity contribution in [3.63, 3.8) is 0 Å². The molecule has 8 heteroatoms. The second-order valence-electron chi connectivity index (χ2n) is 5.14.